The van der Waals surface area contributed by atoms with E-state index in [0.29, 0.717) is 16.1 Å². The first-order chi connectivity index (χ1) is 15.1. The molecule has 9 heteroatoms. The van der Waals surface area contributed by atoms with Crippen molar-refractivity contribution in [3.05, 3.63) is 88.9 Å². The third-order valence-electron chi connectivity index (χ3n) is 4.29. The molecule has 0 spiro atoms. The first-order valence-electron chi connectivity index (χ1n) is 9.40. The second kappa shape index (κ2) is 10.1. The van der Waals surface area contributed by atoms with E-state index in [1.807, 2.05) is 0 Å². The van der Waals surface area contributed by atoms with E-state index in [2.05, 4.69) is 10.6 Å². The normalized spacial score (nSPS) is 12.2. The van der Waals surface area contributed by atoms with Gasteiger partial charge in [-0.25, -0.2) is 0 Å². The van der Waals surface area contributed by atoms with Crippen molar-refractivity contribution < 1.29 is 22.8 Å². The number of hydrogen-bond donors (Lipinski definition) is 2. The molecule has 3 rings (SSSR count). The van der Waals surface area contributed by atoms with Crippen molar-refractivity contribution in [2.24, 2.45) is 0 Å². The predicted octanol–water partition coefficient (Wildman–Crippen LogP) is 6.79. The Morgan fingerprint density at radius 1 is 0.938 bits per heavy atom. The van der Waals surface area contributed by atoms with Crippen molar-refractivity contribution in [3.8, 4) is 0 Å². The van der Waals surface area contributed by atoms with Gasteiger partial charge in [0.15, 0.2) is 0 Å². The zero-order valence-electron chi connectivity index (χ0n) is 16.7. The van der Waals surface area contributed by atoms with Gasteiger partial charge in [0.05, 0.1) is 11.3 Å². The molecule has 0 saturated carbocycles. The molecule has 1 unspecified atom stereocenters. The van der Waals surface area contributed by atoms with Crippen molar-refractivity contribution in [3.63, 3.8) is 0 Å². The van der Waals surface area contributed by atoms with Gasteiger partial charge in [-0.05, 0) is 42.0 Å². The van der Waals surface area contributed by atoms with Crippen LogP contribution in [-0.4, -0.2) is 11.8 Å². The summed E-state index contributed by atoms with van der Waals surface area (Å²) in [5, 5.41) is 4.14. The Balaban J connectivity index is 1.93. The highest BCUT2D eigenvalue weighted by Gasteiger charge is 2.35. The Bertz CT molecular complexity index is 1120. The number of amides is 2. The average molecular weight is 479 g/mol. The molecule has 2 amide bonds. The maximum Gasteiger partial charge on any atom is 0.418 e. The fraction of sp³-hybridized carbons (Fsp3) is 0.130. The summed E-state index contributed by atoms with van der Waals surface area (Å²) in [5.41, 5.74) is -0.238. The van der Waals surface area contributed by atoms with Gasteiger partial charge in [0.1, 0.15) is 5.25 Å². The second-order valence-corrected chi connectivity index (χ2v) is 8.41. The highest BCUT2D eigenvalue weighted by molar-refractivity contribution is 8.00. The molecule has 4 nitrogen and oxygen atoms in total. The molecule has 0 saturated heterocycles. The SMILES string of the molecule is CC(=O)Nc1cccc(SC(C(=O)Nc2ccc(Cl)cc2C(F)(F)F)c2ccccc2)c1. The summed E-state index contributed by atoms with van der Waals surface area (Å²) in [6.45, 7) is 1.38. The van der Waals surface area contributed by atoms with Gasteiger partial charge in [0.2, 0.25) is 11.8 Å². The minimum absolute atomic E-state index is 0.0842. The summed E-state index contributed by atoms with van der Waals surface area (Å²) in [5.74, 6) is -0.870. The third kappa shape index (κ3) is 6.27. The lowest BCUT2D eigenvalue weighted by Crippen LogP contribution is -2.21. The van der Waals surface area contributed by atoms with E-state index in [1.54, 1.807) is 54.6 Å². The molecule has 3 aromatic carbocycles. The van der Waals surface area contributed by atoms with Crippen LogP contribution in [0.5, 0.6) is 0 Å². The highest BCUT2D eigenvalue weighted by atomic mass is 35.5. The Morgan fingerprint density at radius 3 is 2.31 bits per heavy atom. The van der Waals surface area contributed by atoms with Crippen LogP contribution in [-0.2, 0) is 15.8 Å². The number of hydrogen-bond acceptors (Lipinski definition) is 3. The van der Waals surface area contributed by atoms with Crippen LogP contribution in [0.25, 0.3) is 0 Å². The molecule has 166 valence electrons. The van der Waals surface area contributed by atoms with Gasteiger partial charge in [-0.2, -0.15) is 13.2 Å². The molecule has 0 aromatic heterocycles. The maximum absolute atomic E-state index is 13.4. The van der Waals surface area contributed by atoms with E-state index < -0.39 is 22.9 Å². The number of thioether (sulfide) groups is 1. The first kappa shape index (κ1) is 23.7. The molecule has 0 heterocycles. The first-order valence-corrected chi connectivity index (χ1v) is 10.7. The van der Waals surface area contributed by atoms with Gasteiger partial charge in [-0.3, -0.25) is 9.59 Å². The molecule has 0 bridgehead atoms. The monoisotopic (exact) mass is 478 g/mol. The Kier molecular flexibility index (Phi) is 7.48. The molecule has 2 N–H and O–H groups in total. The molecule has 0 radical (unpaired) electrons. The van der Waals surface area contributed by atoms with Crippen LogP contribution in [0.4, 0.5) is 24.5 Å². The summed E-state index contributed by atoms with van der Waals surface area (Å²) in [7, 11) is 0. The number of alkyl halides is 3. The maximum atomic E-state index is 13.4. The number of carbonyl (C=O) groups excluding carboxylic acids is 2. The summed E-state index contributed by atoms with van der Waals surface area (Å²) in [4.78, 5) is 25.1. The van der Waals surface area contributed by atoms with Crippen LogP contribution in [0.15, 0.2) is 77.7 Å². The third-order valence-corrected chi connectivity index (χ3v) is 5.78. The predicted molar refractivity (Wildman–Crippen MR) is 121 cm³/mol. The van der Waals surface area contributed by atoms with Crippen molar-refractivity contribution in [2.75, 3.05) is 10.6 Å². The zero-order valence-corrected chi connectivity index (χ0v) is 18.3. The number of anilines is 2. The van der Waals surface area contributed by atoms with Crippen LogP contribution >= 0.6 is 23.4 Å². The highest BCUT2D eigenvalue weighted by Crippen LogP contribution is 2.40. The molecule has 0 aliphatic heterocycles. The van der Waals surface area contributed by atoms with E-state index in [4.69, 9.17) is 11.6 Å². The zero-order chi connectivity index (χ0) is 23.3. The Morgan fingerprint density at radius 2 is 1.66 bits per heavy atom. The van der Waals surface area contributed by atoms with Gasteiger partial charge < -0.3 is 10.6 Å². The smallest absolute Gasteiger partial charge is 0.326 e. The molecular formula is C23H18ClF3N2O2S. The topological polar surface area (TPSA) is 58.2 Å². The van der Waals surface area contributed by atoms with Crippen LogP contribution in [0.2, 0.25) is 5.02 Å². The van der Waals surface area contributed by atoms with Gasteiger partial charge >= 0.3 is 6.18 Å². The quantitative estimate of drug-likeness (QED) is 0.383. The van der Waals surface area contributed by atoms with E-state index in [9.17, 15) is 22.8 Å². The Hall–Kier alpha value is -2.97. The average Bonchev–Trinajstić information content (AvgIpc) is 2.73. The van der Waals surface area contributed by atoms with E-state index in [1.165, 1.54) is 13.0 Å². The number of carbonyl (C=O) groups is 2. The summed E-state index contributed by atoms with van der Waals surface area (Å²) in [6.07, 6.45) is -4.68. The van der Waals surface area contributed by atoms with Crippen molar-refractivity contribution in [2.45, 2.75) is 23.2 Å². The lowest BCUT2D eigenvalue weighted by molar-refractivity contribution is -0.137. The minimum Gasteiger partial charge on any atom is -0.326 e. The van der Waals surface area contributed by atoms with E-state index in [-0.39, 0.29) is 16.6 Å². The summed E-state index contributed by atoms with van der Waals surface area (Å²) < 4.78 is 40.3. The van der Waals surface area contributed by atoms with Crippen LogP contribution in [0, 0.1) is 0 Å². The second-order valence-electron chi connectivity index (χ2n) is 6.79. The van der Waals surface area contributed by atoms with Crippen LogP contribution in [0.3, 0.4) is 0 Å². The molecule has 1 atom stereocenters. The molecule has 0 fully saturated rings. The lowest BCUT2D eigenvalue weighted by atomic mass is 10.1. The lowest BCUT2D eigenvalue weighted by Gasteiger charge is -2.20. The molecule has 3 aromatic rings. The van der Waals surface area contributed by atoms with Crippen molar-refractivity contribution >= 4 is 46.6 Å². The largest absolute Gasteiger partial charge is 0.418 e. The number of rotatable bonds is 6. The van der Waals surface area contributed by atoms with Gasteiger partial charge in [-0.1, -0.05) is 48.0 Å². The van der Waals surface area contributed by atoms with E-state index in [0.717, 1.165) is 23.9 Å². The van der Waals surface area contributed by atoms with Crippen molar-refractivity contribution in [1.82, 2.24) is 0 Å². The fourth-order valence-electron chi connectivity index (χ4n) is 2.95. The Labute approximate surface area is 192 Å². The summed E-state index contributed by atoms with van der Waals surface area (Å²) >= 11 is 6.89. The van der Waals surface area contributed by atoms with Gasteiger partial charge in [-0.15, -0.1) is 11.8 Å². The molecular weight excluding hydrogens is 461 g/mol. The van der Waals surface area contributed by atoms with Crippen LogP contribution in [0.1, 0.15) is 23.3 Å². The van der Waals surface area contributed by atoms with Gasteiger partial charge in [0.25, 0.3) is 0 Å². The van der Waals surface area contributed by atoms with E-state index >= 15 is 0 Å². The minimum atomic E-state index is -4.68. The van der Waals surface area contributed by atoms with Crippen molar-refractivity contribution in [1.29, 1.82) is 0 Å². The fourth-order valence-corrected chi connectivity index (χ4v) is 4.20. The standard InChI is InChI=1S/C23H18ClF3N2O2S/c1-14(30)28-17-8-5-9-18(13-17)32-21(15-6-3-2-4-7-15)22(31)29-20-11-10-16(24)12-19(20)23(25,26)27/h2-13,21H,1H3,(H,28,30)(H,29,31). The van der Waals surface area contributed by atoms with Crippen LogP contribution < -0.4 is 10.6 Å². The number of benzene rings is 3. The number of nitrogens with one attached hydrogen (secondary N) is 2. The molecule has 0 aliphatic rings. The summed E-state index contributed by atoms with van der Waals surface area (Å²) in [6, 6.07) is 18.8. The molecule has 0 aliphatic carbocycles. The number of halogens is 4. The molecule has 32 heavy (non-hydrogen) atoms. The van der Waals surface area contributed by atoms with Gasteiger partial charge in [0, 0.05) is 22.5 Å².